The van der Waals surface area contributed by atoms with Gasteiger partial charge in [-0.3, -0.25) is 0 Å². The van der Waals surface area contributed by atoms with Crippen molar-refractivity contribution in [2.24, 2.45) is 11.1 Å². The Balaban J connectivity index is 2.96. The van der Waals surface area contributed by atoms with Crippen LogP contribution in [0.4, 0.5) is 4.39 Å². The smallest absolute Gasteiger partial charge is 0.123 e. The van der Waals surface area contributed by atoms with Crippen molar-refractivity contribution in [2.45, 2.75) is 19.9 Å². The maximum absolute atomic E-state index is 12.6. The zero-order valence-electron chi connectivity index (χ0n) is 8.29. The van der Waals surface area contributed by atoms with E-state index in [2.05, 4.69) is 6.07 Å². The quantitative estimate of drug-likeness (QED) is 0.782. The summed E-state index contributed by atoms with van der Waals surface area (Å²) in [5.41, 5.74) is 6.02. The van der Waals surface area contributed by atoms with Gasteiger partial charge in [-0.2, -0.15) is 5.26 Å². The van der Waals surface area contributed by atoms with Gasteiger partial charge >= 0.3 is 0 Å². The number of benzene rings is 1. The monoisotopic (exact) mass is 192 g/mol. The standard InChI is InChI=1S/C11H13FN2/c1-11(2,7-13)10(14)8-3-5-9(12)6-4-8/h3-6,10H,14H2,1-2H3. The summed E-state index contributed by atoms with van der Waals surface area (Å²) in [5.74, 6) is -0.296. The normalized spacial score (nSPS) is 13.4. The summed E-state index contributed by atoms with van der Waals surface area (Å²) in [6, 6.07) is 7.66. The zero-order valence-corrected chi connectivity index (χ0v) is 8.29. The summed E-state index contributed by atoms with van der Waals surface area (Å²) < 4.78 is 12.6. The van der Waals surface area contributed by atoms with Gasteiger partial charge in [-0.15, -0.1) is 0 Å². The molecule has 0 aromatic heterocycles. The van der Waals surface area contributed by atoms with Gasteiger partial charge in [-0.05, 0) is 31.5 Å². The summed E-state index contributed by atoms with van der Waals surface area (Å²) in [5, 5.41) is 8.88. The maximum Gasteiger partial charge on any atom is 0.123 e. The van der Waals surface area contributed by atoms with Crippen molar-refractivity contribution in [3.8, 4) is 6.07 Å². The second kappa shape index (κ2) is 3.77. The van der Waals surface area contributed by atoms with Crippen LogP contribution in [0.25, 0.3) is 0 Å². The van der Waals surface area contributed by atoms with Gasteiger partial charge in [0.15, 0.2) is 0 Å². The van der Waals surface area contributed by atoms with E-state index in [0.29, 0.717) is 0 Å². The molecule has 0 aliphatic carbocycles. The Bertz CT molecular complexity index is 349. The lowest BCUT2D eigenvalue weighted by atomic mass is 9.82. The first-order valence-electron chi connectivity index (χ1n) is 4.39. The zero-order chi connectivity index (χ0) is 10.8. The van der Waals surface area contributed by atoms with E-state index in [-0.39, 0.29) is 5.82 Å². The molecule has 0 aliphatic heterocycles. The van der Waals surface area contributed by atoms with E-state index in [0.717, 1.165) is 5.56 Å². The molecule has 0 fully saturated rings. The molecular formula is C11H13FN2. The number of nitrogens with zero attached hydrogens (tertiary/aromatic N) is 1. The molecular weight excluding hydrogens is 179 g/mol. The fourth-order valence-corrected chi connectivity index (χ4v) is 1.16. The minimum absolute atomic E-state index is 0.296. The van der Waals surface area contributed by atoms with Gasteiger partial charge in [-0.25, -0.2) is 4.39 Å². The van der Waals surface area contributed by atoms with Crippen molar-refractivity contribution in [3.05, 3.63) is 35.6 Å². The number of nitriles is 1. The van der Waals surface area contributed by atoms with Crippen LogP contribution in [0.15, 0.2) is 24.3 Å². The molecule has 0 aliphatic rings. The predicted molar refractivity (Wildman–Crippen MR) is 52.7 cm³/mol. The molecule has 0 heterocycles. The van der Waals surface area contributed by atoms with Crippen molar-refractivity contribution in [3.63, 3.8) is 0 Å². The minimum atomic E-state index is -0.641. The van der Waals surface area contributed by atoms with Gasteiger partial charge in [0.25, 0.3) is 0 Å². The SMILES string of the molecule is CC(C)(C#N)C(N)c1ccc(F)cc1. The van der Waals surface area contributed by atoms with Gasteiger partial charge in [-0.1, -0.05) is 12.1 Å². The Labute approximate surface area is 83.2 Å². The van der Waals surface area contributed by atoms with Crippen LogP contribution >= 0.6 is 0 Å². The van der Waals surface area contributed by atoms with E-state index in [1.165, 1.54) is 12.1 Å². The lowest BCUT2D eigenvalue weighted by Crippen LogP contribution is -2.27. The number of nitrogens with two attached hydrogens (primary N) is 1. The van der Waals surface area contributed by atoms with Crippen molar-refractivity contribution < 1.29 is 4.39 Å². The van der Waals surface area contributed by atoms with E-state index in [9.17, 15) is 4.39 Å². The highest BCUT2D eigenvalue weighted by molar-refractivity contribution is 5.23. The molecule has 0 amide bonds. The van der Waals surface area contributed by atoms with Gasteiger partial charge in [0, 0.05) is 6.04 Å². The predicted octanol–water partition coefficient (Wildman–Crippen LogP) is 2.38. The second-order valence-electron chi connectivity index (χ2n) is 3.86. The van der Waals surface area contributed by atoms with Crippen LogP contribution in [-0.2, 0) is 0 Å². The van der Waals surface area contributed by atoms with Crippen molar-refractivity contribution in [1.82, 2.24) is 0 Å². The molecule has 74 valence electrons. The number of halogens is 1. The van der Waals surface area contributed by atoms with E-state index in [1.807, 2.05) is 0 Å². The van der Waals surface area contributed by atoms with Crippen molar-refractivity contribution in [1.29, 1.82) is 5.26 Å². The number of hydrogen-bond donors (Lipinski definition) is 1. The molecule has 1 atom stereocenters. The third-order valence-electron chi connectivity index (χ3n) is 2.29. The Kier molecular flexibility index (Phi) is 2.87. The van der Waals surface area contributed by atoms with Crippen LogP contribution in [0.3, 0.4) is 0 Å². The van der Waals surface area contributed by atoms with Gasteiger partial charge < -0.3 is 5.73 Å². The highest BCUT2D eigenvalue weighted by atomic mass is 19.1. The number of hydrogen-bond acceptors (Lipinski definition) is 2. The van der Waals surface area contributed by atoms with Gasteiger partial charge in [0.2, 0.25) is 0 Å². The third-order valence-corrected chi connectivity index (χ3v) is 2.29. The largest absolute Gasteiger partial charge is 0.323 e. The van der Waals surface area contributed by atoms with E-state index in [1.54, 1.807) is 26.0 Å². The molecule has 1 unspecified atom stereocenters. The van der Waals surface area contributed by atoms with Crippen molar-refractivity contribution in [2.75, 3.05) is 0 Å². The highest BCUT2D eigenvalue weighted by Crippen LogP contribution is 2.30. The molecule has 1 rings (SSSR count). The van der Waals surface area contributed by atoms with Crippen LogP contribution in [0.5, 0.6) is 0 Å². The Morgan fingerprint density at radius 1 is 1.36 bits per heavy atom. The van der Waals surface area contributed by atoms with Crippen LogP contribution < -0.4 is 5.73 Å². The summed E-state index contributed by atoms with van der Waals surface area (Å²) >= 11 is 0. The highest BCUT2D eigenvalue weighted by Gasteiger charge is 2.27. The van der Waals surface area contributed by atoms with E-state index in [4.69, 9.17) is 11.0 Å². The molecule has 2 nitrogen and oxygen atoms in total. The topological polar surface area (TPSA) is 49.8 Å². The first-order valence-corrected chi connectivity index (χ1v) is 4.39. The average molecular weight is 192 g/mol. The molecule has 2 N–H and O–H groups in total. The number of rotatable bonds is 2. The molecule has 1 aromatic carbocycles. The molecule has 0 saturated heterocycles. The second-order valence-corrected chi connectivity index (χ2v) is 3.86. The fourth-order valence-electron chi connectivity index (χ4n) is 1.16. The molecule has 3 heteroatoms. The van der Waals surface area contributed by atoms with E-state index >= 15 is 0 Å². The van der Waals surface area contributed by atoms with Crippen LogP contribution in [-0.4, -0.2) is 0 Å². The maximum atomic E-state index is 12.6. The summed E-state index contributed by atoms with van der Waals surface area (Å²) in [4.78, 5) is 0. The van der Waals surface area contributed by atoms with Gasteiger partial charge in [0.1, 0.15) is 5.82 Å². The lowest BCUT2D eigenvalue weighted by molar-refractivity contribution is 0.393. The van der Waals surface area contributed by atoms with E-state index < -0.39 is 11.5 Å². The molecule has 0 radical (unpaired) electrons. The molecule has 0 bridgehead atoms. The minimum Gasteiger partial charge on any atom is -0.323 e. The average Bonchev–Trinajstić information content (AvgIpc) is 2.18. The van der Waals surface area contributed by atoms with Crippen molar-refractivity contribution >= 4 is 0 Å². The molecule has 0 spiro atoms. The Morgan fingerprint density at radius 3 is 2.29 bits per heavy atom. The van der Waals surface area contributed by atoms with Gasteiger partial charge in [0.05, 0.1) is 11.5 Å². The van der Waals surface area contributed by atoms with Crippen LogP contribution in [0.2, 0.25) is 0 Å². The molecule has 1 aromatic rings. The fraction of sp³-hybridized carbons (Fsp3) is 0.364. The Morgan fingerprint density at radius 2 is 1.86 bits per heavy atom. The summed E-state index contributed by atoms with van der Waals surface area (Å²) in [6.07, 6.45) is 0. The van der Waals surface area contributed by atoms with Crippen LogP contribution in [0, 0.1) is 22.6 Å². The van der Waals surface area contributed by atoms with Crippen LogP contribution in [0.1, 0.15) is 25.5 Å². The Hall–Kier alpha value is -1.40. The molecule has 14 heavy (non-hydrogen) atoms. The first kappa shape index (κ1) is 10.7. The first-order chi connectivity index (χ1) is 6.47. The summed E-state index contributed by atoms with van der Waals surface area (Å²) in [6.45, 7) is 3.53. The summed E-state index contributed by atoms with van der Waals surface area (Å²) in [7, 11) is 0. The lowest BCUT2D eigenvalue weighted by Gasteiger charge is -2.24. The molecule has 0 saturated carbocycles. The third kappa shape index (κ3) is 2.09.